The van der Waals surface area contributed by atoms with E-state index in [4.69, 9.17) is 19.2 Å². The molecule has 3 aliphatic heterocycles. The Morgan fingerprint density at radius 2 is 1.83 bits per heavy atom. The van der Waals surface area contributed by atoms with E-state index in [9.17, 15) is 14.7 Å². The topological polar surface area (TPSA) is 99.9 Å². The van der Waals surface area contributed by atoms with E-state index in [0.29, 0.717) is 34.9 Å². The maximum absolute atomic E-state index is 13.5. The molecule has 35 heavy (non-hydrogen) atoms. The molecular weight excluding hydrogens is 448 g/mol. The number of rotatable bonds is 6. The van der Waals surface area contributed by atoms with Crippen LogP contribution in [0.2, 0.25) is 0 Å². The molecule has 0 fully saturated rings. The monoisotopic (exact) mass is 476 g/mol. The summed E-state index contributed by atoms with van der Waals surface area (Å²) in [4.78, 5) is 31.0. The summed E-state index contributed by atoms with van der Waals surface area (Å²) in [7, 11) is 0. The fourth-order valence-corrected chi connectivity index (χ4v) is 5.57. The van der Waals surface area contributed by atoms with Gasteiger partial charge in [0, 0.05) is 22.6 Å². The van der Waals surface area contributed by atoms with Crippen LogP contribution < -0.4 is 15.0 Å². The van der Waals surface area contributed by atoms with Crippen molar-refractivity contribution in [1.29, 1.82) is 0 Å². The third-order valence-corrected chi connectivity index (χ3v) is 7.58. The number of carbonyl (C=O) groups excluding carboxylic acids is 1. The van der Waals surface area contributed by atoms with Crippen LogP contribution in [0.4, 0.5) is 0 Å². The van der Waals surface area contributed by atoms with Crippen molar-refractivity contribution in [3.63, 3.8) is 0 Å². The first kappa shape index (κ1) is 22.1. The highest BCUT2D eigenvalue weighted by Gasteiger charge is 2.45. The van der Waals surface area contributed by atoms with E-state index in [1.807, 2.05) is 12.1 Å². The van der Waals surface area contributed by atoms with Crippen LogP contribution in [0.1, 0.15) is 68.2 Å². The second-order valence-electron chi connectivity index (χ2n) is 9.55. The smallest absolute Gasteiger partial charge is 0.343 e. The zero-order chi connectivity index (χ0) is 24.3. The van der Waals surface area contributed by atoms with E-state index in [1.54, 1.807) is 17.6 Å². The first-order valence-electron chi connectivity index (χ1n) is 12.4. The number of ether oxygens (including phenoxy) is 3. The standard InChI is InChI=1S/C27H28N2O6/c1-3-5-6-7-8-15-16-9-22-23(35-14-34-22)11-20(16)28-24-17(15)12-29-21(24)10-19-18(25(29)30)13-33-26(31)27(19,32)4-2/h9-11,32H,3-8,12-14H2,1-2H3/t27-/m0/s1. The summed E-state index contributed by atoms with van der Waals surface area (Å²) in [6, 6.07) is 5.66. The molecule has 0 saturated heterocycles. The van der Waals surface area contributed by atoms with Gasteiger partial charge in [0.05, 0.1) is 29.0 Å². The first-order chi connectivity index (χ1) is 17.0. The Labute approximate surface area is 202 Å². The molecule has 6 rings (SSSR count). The van der Waals surface area contributed by atoms with E-state index in [-0.39, 0.29) is 25.4 Å². The van der Waals surface area contributed by atoms with Crippen molar-refractivity contribution in [1.82, 2.24) is 9.55 Å². The van der Waals surface area contributed by atoms with Gasteiger partial charge in [0.15, 0.2) is 17.1 Å². The maximum Gasteiger partial charge on any atom is 0.343 e. The zero-order valence-corrected chi connectivity index (χ0v) is 20.0. The average molecular weight is 477 g/mol. The minimum Gasteiger partial charge on any atom is -0.458 e. The summed E-state index contributed by atoms with van der Waals surface area (Å²) >= 11 is 0. The van der Waals surface area contributed by atoms with Crippen molar-refractivity contribution in [3.8, 4) is 22.9 Å². The Morgan fingerprint density at radius 3 is 2.60 bits per heavy atom. The largest absolute Gasteiger partial charge is 0.458 e. The lowest BCUT2D eigenvalue weighted by atomic mass is 9.86. The highest BCUT2D eigenvalue weighted by atomic mass is 16.7. The Balaban J connectivity index is 1.57. The number of aliphatic hydroxyl groups is 1. The Morgan fingerprint density at radius 1 is 1.03 bits per heavy atom. The summed E-state index contributed by atoms with van der Waals surface area (Å²) in [5.74, 6) is 0.651. The van der Waals surface area contributed by atoms with Crippen LogP contribution in [-0.4, -0.2) is 27.4 Å². The van der Waals surface area contributed by atoms with Crippen LogP contribution in [0.3, 0.4) is 0 Å². The molecule has 1 N–H and O–H groups in total. The van der Waals surface area contributed by atoms with Crippen molar-refractivity contribution in [2.45, 2.75) is 71.1 Å². The van der Waals surface area contributed by atoms with Crippen LogP contribution in [0.25, 0.3) is 22.3 Å². The van der Waals surface area contributed by atoms with Gasteiger partial charge in [0.2, 0.25) is 6.79 Å². The summed E-state index contributed by atoms with van der Waals surface area (Å²) in [5.41, 5.74) is 2.89. The fraction of sp³-hybridized carbons (Fsp3) is 0.444. The number of benzene rings is 1. The number of aromatic nitrogens is 2. The Hall–Kier alpha value is -3.39. The first-order valence-corrected chi connectivity index (χ1v) is 12.4. The lowest BCUT2D eigenvalue weighted by Gasteiger charge is -2.31. The number of nitrogens with zero attached hydrogens (tertiary/aromatic N) is 2. The van der Waals surface area contributed by atoms with Crippen molar-refractivity contribution in [2.75, 3.05) is 6.79 Å². The van der Waals surface area contributed by atoms with Gasteiger partial charge in [-0.25, -0.2) is 9.78 Å². The molecule has 8 nitrogen and oxygen atoms in total. The molecule has 1 atom stereocenters. The predicted octanol–water partition coefficient (Wildman–Crippen LogP) is 3.93. The van der Waals surface area contributed by atoms with Gasteiger partial charge in [-0.15, -0.1) is 0 Å². The second-order valence-corrected chi connectivity index (χ2v) is 9.55. The Bertz CT molecular complexity index is 1440. The van der Waals surface area contributed by atoms with Gasteiger partial charge in [-0.3, -0.25) is 4.79 Å². The molecule has 0 spiro atoms. The molecule has 0 bridgehead atoms. The van der Waals surface area contributed by atoms with Gasteiger partial charge < -0.3 is 23.9 Å². The minimum absolute atomic E-state index is 0.117. The van der Waals surface area contributed by atoms with Crippen LogP contribution in [0.5, 0.6) is 11.5 Å². The van der Waals surface area contributed by atoms with Gasteiger partial charge >= 0.3 is 5.97 Å². The molecule has 182 valence electrons. The third-order valence-electron chi connectivity index (χ3n) is 7.58. The maximum atomic E-state index is 13.5. The molecule has 8 heteroatoms. The van der Waals surface area contributed by atoms with Crippen LogP contribution >= 0.6 is 0 Å². The molecule has 0 saturated carbocycles. The summed E-state index contributed by atoms with van der Waals surface area (Å²) in [6.07, 6.45) is 5.47. The number of esters is 1. The van der Waals surface area contributed by atoms with Crippen molar-refractivity contribution < 1.29 is 24.1 Å². The van der Waals surface area contributed by atoms with Gasteiger partial charge in [-0.2, -0.15) is 0 Å². The van der Waals surface area contributed by atoms with E-state index in [0.717, 1.165) is 47.8 Å². The summed E-state index contributed by atoms with van der Waals surface area (Å²) < 4.78 is 18.1. The second kappa shape index (κ2) is 8.09. The van der Waals surface area contributed by atoms with Gasteiger partial charge in [0.25, 0.3) is 5.56 Å². The molecular formula is C27H28N2O6. The van der Waals surface area contributed by atoms with Crippen LogP contribution in [-0.2, 0) is 34.7 Å². The molecule has 5 heterocycles. The van der Waals surface area contributed by atoms with E-state index in [1.165, 1.54) is 12.0 Å². The van der Waals surface area contributed by atoms with E-state index in [2.05, 4.69) is 6.92 Å². The van der Waals surface area contributed by atoms with Crippen molar-refractivity contribution in [3.05, 3.63) is 50.8 Å². The van der Waals surface area contributed by atoms with Crippen molar-refractivity contribution >= 4 is 16.9 Å². The molecule has 0 unspecified atom stereocenters. The number of cyclic esters (lactones) is 1. The van der Waals surface area contributed by atoms with Crippen LogP contribution in [0, 0.1) is 0 Å². The number of unbranched alkanes of at least 4 members (excludes halogenated alkanes) is 3. The number of carbonyl (C=O) groups is 1. The molecule has 0 radical (unpaired) electrons. The molecule has 0 amide bonds. The molecule has 3 aromatic rings. The lowest BCUT2D eigenvalue weighted by Crippen LogP contribution is -2.44. The molecule has 1 aromatic carbocycles. The fourth-order valence-electron chi connectivity index (χ4n) is 5.57. The zero-order valence-electron chi connectivity index (χ0n) is 20.0. The quantitative estimate of drug-likeness (QED) is 0.332. The molecule has 0 aliphatic carbocycles. The number of aryl methyl sites for hydroxylation is 1. The van der Waals surface area contributed by atoms with Gasteiger partial charge in [0.1, 0.15) is 6.61 Å². The third kappa shape index (κ3) is 3.19. The summed E-state index contributed by atoms with van der Waals surface area (Å²) in [6.45, 7) is 4.35. The minimum atomic E-state index is -1.84. The number of pyridine rings is 2. The highest BCUT2D eigenvalue weighted by molar-refractivity contribution is 5.91. The highest BCUT2D eigenvalue weighted by Crippen LogP contribution is 2.43. The molecule has 2 aromatic heterocycles. The number of hydrogen-bond acceptors (Lipinski definition) is 7. The normalized spacial score (nSPS) is 19.5. The number of fused-ring (bicyclic) bond motifs is 6. The van der Waals surface area contributed by atoms with E-state index >= 15 is 0 Å². The van der Waals surface area contributed by atoms with E-state index < -0.39 is 11.6 Å². The number of hydrogen-bond donors (Lipinski definition) is 1. The van der Waals surface area contributed by atoms with Gasteiger partial charge in [-0.05, 0) is 37.0 Å². The molecule has 3 aliphatic rings. The van der Waals surface area contributed by atoms with Crippen molar-refractivity contribution in [2.24, 2.45) is 0 Å². The average Bonchev–Trinajstić information content (AvgIpc) is 3.47. The Kier molecular flexibility index (Phi) is 5.11. The van der Waals surface area contributed by atoms with Gasteiger partial charge in [-0.1, -0.05) is 33.1 Å². The summed E-state index contributed by atoms with van der Waals surface area (Å²) in [5, 5.41) is 12.1. The SMILES string of the molecule is CCCCCCc1c2c(nc3cc4c(cc13)OCO4)-c1cc3c(c(=O)n1C2)COC(=O)[C@]3(O)CC. The van der Waals surface area contributed by atoms with Crippen LogP contribution in [0.15, 0.2) is 23.0 Å². The predicted molar refractivity (Wildman–Crippen MR) is 128 cm³/mol. The lowest BCUT2D eigenvalue weighted by molar-refractivity contribution is -0.172.